The Kier molecular flexibility index (Phi) is 6.98. The van der Waals surface area contributed by atoms with E-state index in [9.17, 15) is 9.90 Å². The van der Waals surface area contributed by atoms with Gasteiger partial charge < -0.3 is 14.9 Å². The van der Waals surface area contributed by atoms with Crippen molar-refractivity contribution in [3.63, 3.8) is 0 Å². The van der Waals surface area contributed by atoms with Gasteiger partial charge in [-0.1, -0.05) is 36.4 Å². The number of piperidine rings is 1. The predicted octanol–water partition coefficient (Wildman–Crippen LogP) is 4.40. The average molecular weight is 405 g/mol. The van der Waals surface area contributed by atoms with Crippen LogP contribution in [-0.2, 0) is 0 Å². The second kappa shape index (κ2) is 10.1. The molecule has 1 N–H and O–H groups in total. The van der Waals surface area contributed by atoms with Gasteiger partial charge in [-0.25, -0.2) is 0 Å². The van der Waals surface area contributed by atoms with Gasteiger partial charge in [0.15, 0.2) is 5.78 Å². The molecule has 1 saturated heterocycles. The molecule has 1 fully saturated rings. The van der Waals surface area contributed by atoms with Crippen LogP contribution in [0.4, 0.5) is 5.69 Å². The van der Waals surface area contributed by atoms with Gasteiger partial charge in [0.2, 0.25) is 0 Å². The molecule has 0 atom stereocenters. The van der Waals surface area contributed by atoms with Gasteiger partial charge in [-0.2, -0.15) is 0 Å². The molecule has 0 amide bonds. The molecule has 0 radical (unpaired) electrons. The number of nitrogens with zero attached hydrogens (tertiary/aromatic N) is 2. The Balaban J connectivity index is 1.26. The van der Waals surface area contributed by atoms with Crippen LogP contribution in [0, 0.1) is 0 Å². The standard InChI is InChI=1S/C26H32N2O2/c29-25-14-17-27(18-15-25)16-4-7-26(30)23-8-10-24(11-9-23)28-19-12-22(13-20-28)21-5-2-1-3-6-21/h1-3,5-6,8-12,25,29H,4,7,13-20H2. The Morgan fingerprint density at radius 2 is 1.70 bits per heavy atom. The van der Waals surface area contributed by atoms with Gasteiger partial charge in [0.25, 0.3) is 0 Å². The molecule has 0 bridgehead atoms. The number of ketones is 1. The molecule has 2 aromatic carbocycles. The van der Waals surface area contributed by atoms with Crippen LogP contribution in [0.15, 0.2) is 60.7 Å². The number of Topliss-reactive ketones (excluding diaryl/α,β-unsaturated/α-hetero) is 1. The van der Waals surface area contributed by atoms with Crippen molar-refractivity contribution in [2.45, 2.75) is 38.2 Å². The van der Waals surface area contributed by atoms with E-state index in [0.29, 0.717) is 6.42 Å². The molecule has 4 heteroatoms. The van der Waals surface area contributed by atoms with E-state index in [1.54, 1.807) is 0 Å². The fraction of sp³-hybridized carbons (Fsp3) is 0.423. The second-order valence-electron chi connectivity index (χ2n) is 8.44. The molecule has 158 valence electrons. The van der Waals surface area contributed by atoms with E-state index in [-0.39, 0.29) is 11.9 Å². The maximum atomic E-state index is 12.5. The van der Waals surface area contributed by atoms with E-state index < -0.39 is 0 Å². The third-order valence-corrected chi connectivity index (χ3v) is 6.34. The molecule has 0 unspecified atom stereocenters. The number of carbonyl (C=O) groups excluding carboxylic acids is 1. The number of hydrogen-bond acceptors (Lipinski definition) is 4. The molecule has 2 aliphatic heterocycles. The summed E-state index contributed by atoms with van der Waals surface area (Å²) in [6.07, 6.45) is 6.40. The van der Waals surface area contributed by atoms with Gasteiger partial charge in [-0.15, -0.1) is 0 Å². The van der Waals surface area contributed by atoms with Gasteiger partial charge in [0.05, 0.1) is 6.10 Å². The van der Waals surface area contributed by atoms with E-state index in [1.165, 1.54) is 16.8 Å². The minimum atomic E-state index is -0.137. The van der Waals surface area contributed by atoms with Gasteiger partial charge in [-0.05, 0) is 67.6 Å². The number of aliphatic hydroxyl groups is 1. The number of carbonyl (C=O) groups is 1. The molecule has 4 rings (SSSR count). The first-order valence-electron chi connectivity index (χ1n) is 11.2. The highest BCUT2D eigenvalue weighted by atomic mass is 16.3. The molecule has 2 heterocycles. The molecule has 0 spiro atoms. The number of benzene rings is 2. The molecule has 30 heavy (non-hydrogen) atoms. The fourth-order valence-electron chi connectivity index (χ4n) is 4.43. The third-order valence-electron chi connectivity index (χ3n) is 6.34. The Labute approximate surface area is 179 Å². The van der Waals surface area contributed by atoms with Crippen LogP contribution in [-0.4, -0.2) is 54.6 Å². The SMILES string of the molecule is O=C(CCCN1CCC(O)CC1)c1ccc(N2CC=C(c3ccccc3)CC2)cc1. The first kappa shape index (κ1) is 20.8. The van der Waals surface area contributed by atoms with Crippen LogP contribution >= 0.6 is 0 Å². The van der Waals surface area contributed by atoms with Crippen LogP contribution in [0.25, 0.3) is 5.57 Å². The first-order chi connectivity index (χ1) is 14.7. The van der Waals surface area contributed by atoms with E-state index in [2.05, 4.69) is 58.3 Å². The highest BCUT2D eigenvalue weighted by molar-refractivity contribution is 5.96. The summed E-state index contributed by atoms with van der Waals surface area (Å²) in [6, 6.07) is 18.7. The molecular formula is C26H32N2O2. The maximum Gasteiger partial charge on any atom is 0.162 e. The van der Waals surface area contributed by atoms with Gasteiger partial charge in [0.1, 0.15) is 0 Å². The minimum Gasteiger partial charge on any atom is -0.393 e. The Morgan fingerprint density at radius 3 is 2.37 bits per heavy atom. The summed E-state index contributed by atoms with van der Waals surface area (Å²) >= 11 is 0. The lowest BCUT2D eigenvalue weighted by Crippen LogP contribution is -2.36. The highest BCUT2D eigenvalue weighted by Crippen LogP contribution is 2.26. The number of rotatable bonds is 7. The zero-order chi connectivity index (χ0) is 20.8. The predicted molar refractivity (Wildman–Crippen MR) is 123 cm³/mol. The van der Waals surface area contributed by atoms with Crippen molar-refractivity contribution in [1.29, 1.82) is 0 Å². The first-order valence-corrected chi connectivity index (χ1v) is 11.2. The van der Waals surface area contributed by atoms with E-state index in [4.69, 9.17) is 0 Å². The molecule has 2 aromatic rings. The average Bonchev–Trinajstić information content (AvgIpc) is 2.81. The topological polar surface area (TPSA) is 43.8 Å². The Hall–Kier alpha value is -2.43. The van der Waals surface area contributed by atoms with Crippen LogP contribution in [0.5, 0.6) is 0 Å². The maximum absolute atomic E-state index is 12.5. The zero-order valence-electron chi connectivity index (χ0n) is 17.7. The van der Waals surface area contributed by atoms with E-state index in [0.717, 1.165) is 64.0 Å². The summed E-state index contributed by atoms with van der Waals surface area (Å²) in [5.74, 6) is 0.225. The van der Waals surface area contributed by atoms with Crippen LogP contribution in [0.1, 0.15) is 48.0 Å². The third kappa shape index (κ3) is 5.38. The molecule has 4 nitrogen and oxygen atoms in total. The molecule has 2 aliphatic rings. The summed E-state index contributed by atoms with van der Waals surface area (Å²) in [5.41, 5.74) is 4.73. The molecule has 0 saturated carbocycles. The lowest BCUT2D eigenvalue weighted by molar-refractivity contribution is 0.0800. The van der Waals surface area contributed by atoms with E-state index in [1.807, 2.05) is 12.1 Å². The van der Waals surface area contributed by atoms with Crippen LogP contribution in [0.3, 0.4) is 0 Å². The number of anilines is 1. The van der Waals surface area contributed by atoms with Crippen molar-refractivity contribution >= 4 is 17.0 Å². The summed E-state index contributed by atoms with van der Waals surface area (Å²) in [5, 5.41) is 9.58. The quantitative estimate of drug-likeness (QED) is 0.695. The van der Waals surface area contributed by atoms with Gasteiger partial charge in [0, 0.05) is 43.9 Å². The fourth-order valence-corrected chi connectivity index (χ4v) is 4.43. The van der Waals surface area contributed by atoms with Crippen molar-refractivity contribution in [2.75, 3.05) is 37.6 Å². The summed E-state index contributed by atoms with van der Waals surface area (Å²) in [6.45, 7) is 4.74. The second-order valence-corrected chi connectivity index (χ2v) is 8.44. The van der Waals surface area contributed by atoms with E-state index >= 15 is 0 Å². The van der Waals surface area contributed by atoms with Crippen molar-refractivity contribution in [2.24, 2.45) is 0 Å². The number of aliphatic hydroxyl groups excluding tert-OH is 1. The van der Waals surface area contributed by atoms with Crippen molar-refractivity contribution in [3.8, 4) is 0 Å². The van der Waals surface area contributed by atoms with Crippen molar-refractivity contribution in [3.05, 3.63) is 71.8 Å². The lowest BCUT2D eigenvalue weighted by Gasteiger charge is -2.29. The van der Waals surface area contributed by atoms with Gasteiger partial charge >= 0.3 is 0 Å². The monoisotopic (exact) mass is 404 g/mol. The van der Waals surface area contributed by atoms with Crippen LogP contribution in [0.2, 0.25) is 0 Å². The largest absolute Gasteiger partial charge is 0.393 e. The number of likely N-dealkylation sites (tertiary alicyclic amines) is 1. The number of hydrogen-bond donors (Lipinski definition) is 1. The minimum absolute atomic E-state index is 0.137. The molecular weight excluding hydrogens is 372 g/mol. The smallest absolute Gasteiger partial charge is 0.162 e. The molecule has 0 aliphatic carbocycles. The van der Waals surface area contributed by atoms with Crippen LogP contribution < -0.4 is 4.90 Å². The summed E-state index contributed by atoms with van der Waals surface area (Å²) in [7, 11) is 0. The summed E-state index contributed by atoms with van der Waals surface area (Å²) < 4.78 is 0. The zero-order valence-corrected chi connectivity index (χ0v) is 17.7. The summed E-state index contributed by atoms with van der Waals surface area (Å²) in [4.78, 5) is 17.3. The molecule has 0 aromatic heterocycles. The lowest BCUT2D eigenvalue weighted by atomic mass is 9.99. The van der Waals surface area contributed by atoms with Crippen molar-refractivity contribution in [1.82, 2.24) is 4.90 Å². The van der Waals surface area contributed by atoms with Crippen molar-refractivity contribution < 1.29 is 9.90 Å². The Bertz CT molecular complexity index is 852. The highest BCUT2D eigenvalue weighted by Gasteiger charge is 2.17. The Morgan fingerprint density at radius 1 is 0.967 bits per heavy atom. The normalized spacial score (nSPS) is 18.3. The van der Waals surface area contributed by atoms with Gasteiger partial charge in [-0.3, -0.25) is 4.79 Å².